The SMILES string of the molecule is Clc1ccccc1C(Cl)Cc1cccc(Br)c1. The standard InChI is InChI=1S/C14H11BrCl2/c15-11-5-3-4-10(8-11)9-14(17)12-6-1-2-7-13(12)16/h1-8,14H,9H2. The van der Waals surface area contributed by atoms with Crippen LogP contribution in [0.2, 0.25) is 5.02 Å². The Bertz CT molecular complexity index is 511. The lowest BCUT2D eigenvalue weighted by atomic mass is 10.0. The highest BCUT2D eigenvalue weighted by atomic mass is 79.9. The minimum atomic E-state index is -0.0991. The van der Waals surface area contributed by atoms with Crippen LogP contribution in [0.25, 0.3) is 0 Å². The van der Waals surface area contributed by atoms with E-state index in [1.165, 1.54) is 5.56 Å². The first-order valence-electron chi connectivity index (χ1n) is 5.30. The monoisotopic (exact) mass is 328 g/mol. The molecule has 2 aromatic carbocycles. The second-order valence-corrected chi connectivity index (χ2v) is 5.67. The first-order valence-corrected chi connectivity index (χ1v) is 6.90. The Hall–Kier alpha value is -0.500. The maximum absolute atomic E-state index is 6.40. The van der Waals surface area contributed by atoms with Crippen molar-refractivity contribution in [2.75, 3.05) is 0 Å². The molecule has 17 heavy (non-hydrogen) atoms. The molecular weight excluding hydrogens is 319 g/mol. The molecule has 0 bridgehead atoms. The molecule has 0 saturated carbocycles. The normalized spacial score (nSPS) is 12.4. The zero-order valence-corrected chi connectivity index (χ0v) is 12.1. The van der Waals surface area contributed by atoms with Crippen molar-refractivity contribution in [2.45, 2.75) is 11.8 Å². The molecule has 0 N–H and O–H groups in total. The third-order valence-corrected chi connectivity index (χ3v) is 3.77. The molecule has 0 fully saturated rings. The molecule has 88 valence electrons. The summed E-state index contributed by atoms with van der Waals surface area (Å²) in [5.74, 6) is 0. The Morgan fingerprint density at radius 2 is 1.82 bits per heavy atom. The first kappa shape index (κ1) is 12.9. The predicted molar refractivity (Wildman–Crippen MR) is 77.9 cm³/mol. The van der Waals surface area contributed by atoms with Crippen LogP contribution in [-0.2, 0) is 6.42 Å². The van der Waals surface area contributed by atoms with Crippen LogP contribution in [0.1, 0.15) is 16.5 Å². The summed E-state index contributed by atoms with van der Waals surface area (Å²) in [6, 6.07) is 15.9. The Morgan fingerprint density at radius 1 is 1.06 bits per heavy atom. The molecule has 3 heteroatoms. The Balaban J connectivity index is 2.17. The van der Waals surface area contributed by atoms with Gasteiger partial charge in [-0.3, -0.25) is 0 Å². The van der Waals surface area contributed by atoms with Crippen LogP contribution >= 0.6 is 39.1 Å². The highest BCUT2D eigenvalue weighted by Crippen LogP contribution is 2.30. The highest BCUT2D eigenvalue weighted by Gasteiger charge is 2.12. The maximum Gasteiger partial charge on any atom is 0.0640 e. The van der Waals surface area contributed by atoms with E-state index in [-0.39, 0.29) is 5.38 Å². The predicted octanol–water partition coefficient (Wildman–Crippen LogP) is 5.63. The largest absolute Gasteiger partial charge is 0.117 e. The van der Waals surface area contributed by atoms with Crippen LogP contribution in [0.3, 0.4) is 0 Å². The fraction of sp³-hybridized carbons (Fsp3) is 0.143. The van der Waals surface area contributed by atoms with Crippen LogP contribution in [-0.4, -0.2) is 0 Å². The number of benzene rings is 2. The van der Waals surface area contributed by atoms with E-state index >= 15 is 0 Å². The average molecular weight is 330 g/mol. The lowest BCUT2D eigenvalue weighted by Gasteiger charge is -2.11. The van der Waals surface area contributed by atoms with Gasteiger partial charge >= 0.3 is 0 Å². The number of alkyl halides is 1. The minimum Gasteiger partial charge on any atom is -0.117 e. The van der Waals surface area contributed by atoms with Crippen molar-refractivity contribution in [3.63, 3.8) is 0 Å². The molecule has 0 radical (unpaired) electrons. The van der Waals surface area contributed by atoms with Gasteiger partial charge in [-0.15, -0.1) is 11.6 Å². The molecule has 0 aliphatic carbocycles. The van der Waals surface area contributed by atoms with Gasteiger partial charge in [0, 0.05) is 9.50 Å². The van der Waals surface area contributed by atoms with Gasteiger partial charge in [0.05, 0.1) is 5.38 Å². The van der Waals surface area contributed by atoms with Gasteiger partial charge in [-0.2, -0.15) is 0 Å². The molecule has 2 rings (SSSR count). The Morgan fingerprint density at radius 3 is 2.53 bits per heavy atom. The van der Waals surface area contributed by atoms with Crippen molar-refractivity contribution in [3.8, 4) is 0 Å². The van der Waals surface area contributed by atoms with Crippen LogP contribution in [0.15, 0.2) is 53.0 Å². The van der Waals surface area contributed by atoms with E-state index in [1.54, 1.807) is 0 Å². The van der Waals surface area contributed by atoms with E-state index in [4.69, 9.17) is 23.2 Å². The van der Waals surface area contributed by atoms with Crippen LogP contribution in [0.5, 0.6) is 0 Å². The summed E-state index contributed by atoms with van der Waals surface area (Å²) in [5, 5.41) is 0.625. The topological polar surface area (TPSA) is 0 Å². The molecule has 1 unspecified atom stereocenters. The molecule has 2 aromatic rings. The van der Waals surface area contributed by atoms with E-state index in [2.05, 4.69) is 28.1 Å². The summed E-state index contributed by atoms with van der Waals surface area (Å²) in [6.45, 7) is 0. The highest BCUT2D eigenvalue weighted by molar-refractivity contribution is 9.10. The summed E-state index contributed by atoms with van der Waals surface area (Å²) in [4.78, 5) is 0. The Kier molecular flexibility index (Phi) is 4.49. The molecule has 0 amide bonds. The summed E-state index contributed by atoms with van der Waals surface area (Å²) in [7, 11) is 0. The fourth-order valence-electron chi connectivity index (χ4n) is 1.71. The van der Waals surface area contributed by atoms with Gasteiger partial charge < -0.3 is 0 Å². The van der Waals surface area contributed by atoms with Crippen molar-refractivity contribution >= 4 is 39.1 Å². The van der Waals surface area contributed by atoms with E-state index in [0.29, 0.717) is 0 Å². The fourth-order valence-corrected chi connectivity index (χ4v) is 2.85. The summed E-state index contributed by atoms with van der Waals surface area (Å²) in [5.41, 5.74) is 2.18. The van der Waals surface area contributed by atoms with Gasteiger partial charge in [-0.1, -0.05) is 57.9 Å². The zero-order chi connectivity index (χ0) is 12.3. The van der Waals surface area contributed by atoms with E-state index in [1.807, 2.05) is 36.4 Å². The maximum atomic E-state index is 6.40. The molecular formula is C14H11BrCl2. The molecule has 0 aromatic heterocycles. The van der Waals surface area contributed by atoms with Crippen LogP contribution in [0, 0.1) is 0 Å². The van der Waals surface area contributed by atoms with Gasteiger partial charge in [0.2, 0.25) is 0 Å². The summed E-state index contributed by atoms with van der Waals surface area (Å²) < 4.78 is 1.07. The average Bonchev–Trinajstić information content (AvgIpc) is 2.29. The van der Waals surface area contributed by atoms with E-state index < -0.39 is 0 Å². The van der Waals surface area contributed by atoms with E-state index in [9.17, 15) is 0 Å². The summed E-state index contributed by atoms with van der Waals surface area (Å²) in [6.07, 6.45) is 0.769. The molecule has 0 aliphatic heterocycles. The van der Waals surface area contributed by atoms with Crippen molar-refractivity contribution in [3.05, 3.63) is 69.2 Å². The van der Waals surface area contributed by atoms with Crippen molar-refractivity contribution in [1.82, 2.24) is 0 Å². The summed E-state index contributed by atoms with van der Waals surface area (Å²) >= 11 is 16.0. The molecule has 0 saturated heterocycles. The Labute approximate surface area is 120 Å². The minimum absolute atomic E-state index is 0.0991. The quantitative estimate of drug-likeness (QED) is 0.640. The third-order valence-electron chi connectivity index (χ3n) is 2.55. The van der Waals surface area contributed by atoms with Gasteiger partial charge in [0.1, 0.15) is 0 Å². The van der Waals surface area contributed by atoms with Crippen LogP contribution < -0.4 is 0 Å². The van der Waals surface area contributed by atoms with Gasteiger partial charge in [-0.25, -0.2) is 0 Å². The number of hydrogen-bond donors (Lipinski definition) is 0. The van der Waals surface area contributed by atoms with Crippen molar-refractivity contribution in [2.24, 2.45) is 0 Å². The lowest BCUT2D eigenvalue weighted by molar-refractivity contribution is 0.919. The number of hydrogen-bond acceptors (Lipinski definition) is 0. The number of halogens is 3. The second-order valence-electron chi connectivity index (χ2n) is 3.82. The third kappa shape index (κ3) is 3.48. The first-order chi connectivity index (χ1) is 8.16. The number of rotatable bonds is 3. The van der Waals surface area contributed by atoms with Crippen molar-refractivity contribution in [1.29, 1.82) is 0 Å². The molecule has 1 atom stereocenters. The van der Waals surface area contributed by atoms with Gasteiger partial charge in [-0.05, 0) is 35.7 Å². The second kappa shape index (κ2) is 5.90. The van der Waals surface area contributed by atoms with Gasteiger partial charge in [0.25, 0.3) is 0 Å². The molecule has 0 spiro atoms. The molecule has 0 heterocycles. The smallest absolute Gasteiger partial charge is 0.0640 e. The lowest BCUT2D eigenvalue weighted by Crippen LogP contribution is -1.96. The molecule has 0 aliphatic rings. The molecule has 0 nitrogen and oxygen atoms in total. The van der Waals surface area contributed by atoms with E-state index in [0.717, 1.165) is 21.5 Å². The van der Waals surface area contributed by atoms with Gasteiger partial charge in [0.15, 0.2) is 0 Å². The van der Waals surface area contributed by atoms with Crippen LogP contribution in [0.4, 0.5) is 0 Å². The van der Waals surface area contributed by atoms with Crippen molar-refractivity contribution < 1.29 is 0 Å². The zero-order valence-electron chi connectivity index (χ0n) is 9.04.